The van der Waals surface area contributed by atoms with Crippen molar-refractivity contribution >= 4 is 0 Å². The van der Waals surface area contributed by atoms with E-state index in [-0.39, 0.29) is 12.1 Å². The molecule has 0 aliphatic carbocycles. The summed E-state index contributed by atoms with van der Waals surface area (Å²) in [6.07, 6.45) is 2.89. The molecule has 0 amide bonds. The van der Waals surface area contributed by atoms with Gasteiger partial charge in [-0.15, -0.1) is 0 Å². The summed E-state index contributed by atoms with van der Waals surface area (Å²) < 4.78 is 11.6. The highest BCUT2D eigenvalue weighted by molar-refractivity contribution is 5.43. The van der Waals surface area contributed by atoms with Crippen molar-refractivity contribution in [2.24, 2.45) is 5.92 Å². The van der Waals surface area contributed by atoms with Gasteiger partial charge >= 0.3 is 0 Å². The molecule has 4 heteroatoms. The van der Waals surface area contributed by atoms with Gasteiger partial charge in [0.15, 0.2) is 11.5 Å². The summed E-state index contributed by atoms with van der Waals surface area (Å²) in [7, 11) is 1.67. The van der Waals surface area contributed by atoms with Gasteiger partial charge in [-0.25, -0.2) is 0 Å². The Labute approximate surface area is 161 Å². The van der Waals surface area contributed by atoms with Crippen LogP contribution in [0.4, 0.5) is 0 Å². The van der Waals surface area contributed by atoms with Gasteiger partial charge in [-0.2, -0.15) is 0 Å². The fraction of sp³-hybridized carbons (Fsp3) is 0.478. The smallest absolute Gasteiger partial charge is 0.161 e. The van der Waals surface area contributed by atoms with Crippen LogP contribution >= 0.6 is 0 Å². The van der Waals surface area contributed by atoms with Crippen LogP contribution in [0, 0.1) is 12.8 Å². The maximum absolute atomic E-state index is 10.7. The van der Waals surface area contributed by atoms with Crippen molar-refractivity contribution in [1.82, 2.24) is 4.90 Å². The molecule has 3 aliphatic rings. The number of rotatable bonds is 6. The van der Waals surface area contributed by atoms with E-state index in [0.717, 1.165) is 49.4 Å². The second-order valence-corrected chi connectivity index (χ2v) is 7.89. The lowest BCUT2D eigenvalue weighted by Gasteiger charge is -2.49. The average molecular weight is 367 g/mol. The topological polar surface area (TPSA) is 41.9 Å². The molecular formula is C23H29NO3. The lowest BCUT2D eigenvalue weighted by atomic mass is 9.78. The molecular weight excluding hydrogens is 338 g/mol. The molecule has 0 aromatic heterocycles. The fourth-order valence-electron chi connectivity index (χ4n) is 4.42. The molecule has 2 aromatic carbocycles. The van der Waals surface area contributed by atoms with Gasteiger partial charge in [0, 0.05) is 6.04 Å². The first-order valence-electron chi connectivity index (χ1n) is 9.91. The molecule has 144 valence electrons. The number of aliphatic hydroxyl groups excluding tert-OH is 1. The van der Waals surface area contributed by atoms with Crippen LogP contribution in [0.2, 0.25) is 0 Å². The number of benzene rings is 2. The molecule has 3 heterocycles. The minimum Gasteiger partial charge on any atom is -0.493 e. The number of aryl methyl sites for hydroxylation is 1. The zero-order valence-electron chi connectivity index (χ0n) is 16.2. The Morgan fingerprint density at radius 3 is 2.37 bits per heavy atom. The molecule has 2 unspecified atom stereocenters. The van der Waals surface area contributed by atoms with Crippen molar-refractivity contribution in [2.45, 2.75) is 44.9 Å². The molecule has 3 saturated heterocycles. The van der Waals surface area contributed by atoms with Gasteiger partial charge in [-0.3, -0.25) is 4.90 Å². The molecule has 3 fully saturated rings. The lowest BCUT2D eigenvalue weighted by molar-refractivity contribution is -0.0715. The Hall–Kier alpha value is -2.04. The van der Waals surface area contributed by atoms with E-state index in [0.29, 0.717) is 12.5 Å². The minimum absolute atomic E-state index is 0.216. The molecule has 2 atom stereocenters. The third-order valence-electron chi connectivity index (χ3n) is 6.11. The van der Waals surface area contributed by atoms with E-state index in [4.69, 9.17) is 9.47 Å². The Morgan fingerprint density at radius 1 is 1.00 bits per heavy atom. The molecule has 4 nitrogen and oxygen atoms in total. The largest absolute Gasteiger partial charge is 0.493 e. The lowest BCUT2D eigenvalue weighted by Crippen LogP contribution is -2.58. The van der Waals surface area contributed by atoms with Gasteiger partial charge in [0.25, 0.3) is 0 Å². The zero-order chi connectivity index (χ0) is 18.8. The number of hydrogen-bond acceptors (Lipinski definition) is 4. The third kappa shape index (κ3) is 3.97. The Balaban J connectivity index is 1.48. The van der Waals surface area contributed by atoms with Crippen molar-refractivity contribution in [3.05, 3.63) is 59.2 Å². The number of piperidine rings is 3. The summed E-state index contributed by atoms with van der Waals surface area (Å²) in [5, 5.41) is 10.7. The monoisotopic (exact) mass is 367 g/mol. The first-order chi connectivity index (χ1) is 13.1. The molecule has 2 aromatic rings. The minimum atomic E-state index is -0.216. The molecule has 27 heavy (non-hydrogen) atoms. The maximum Gasteiger partial charge on any atom is 0.161 e. The van der Waals surface area contributed by atoms with Crippen LogP contribution in [0.15, 0.2) is 42.5 Å². The Morgan fingerprint density at radius 2 is 1.70 bits per heavy atom. The van der Waals surface area contributed by atoms with Crippen LogP contribution < -0.4 is 9.47 Å². The van der Waals surface area contributed by atoms with Crippen molar-refractivity contribution in [2.75, 3.05) is 20.2 Å². The number of fused-ring (bicyclic) bond motifs is 3. The van der Waals surface area contributed by atoms with Crippen LogP contribution in [-0.4, -0.2) is 42.4 Å². The van der Waals surface area contributed by atoms with E-state index in [1.165, 1.54) is 11.1 Å². The first-order valence-corrected chi connectivity index (χ1v) is 9.91. The normalized spacial score (nSPS) is 26.8. The van der Waals surface area contributed by atoms with Crippen molar-refractivity contribution in [3.8, 4) is 11.5 Å². The van der Waals surface area contributed by atoms with Crippen LogP contribution in [0.3, 0.4) is 0 Å². The third-order valence-corrected chi connectivity index (χ3v) is 6.11. The van der Waals surface area contributed by atoms with E-state index in [1.54, 1.807) is 7.11 Å². The SMILES string of the molecule is COc1ccc(CC2C(O)C3CCN2CC3)cc1OCc1ccc(C)cc1. The predicted octanol–water partition coefficient (Wildman–Crippen LogP) is 3.58. The Kier molecular flexibility index (Phi) is 5.37. The zero-order valence-corrected chi connectivity index (χ0v) is 16.2. The standard InChI is InChI=1S/C23H29NO3/c1-16-3-5-17(6-4-16)15-27-22-14-18(7-8-21(22)26-2)13-20-23(25)19-9-11-24(20)12-10-19/h3-8,14,19-20,23,25H,9-13,15H2,1-2H3. The maximum atomic E-state index is 10.7. The van der Waals surface area contributed by atoms with Crippen LogP contribution in [0.25, 0.3) is 0 Å². The van der Waals surface area contributed by atoms with Gasteiger partial charge in [-0.05, 0) is 68.5 Å². The van der Waals surface area contributed by atoms with E-state index in [2.05, 4.69) is 48.2 Å². The highest BCUT2D eigenvalue weighted by atomic mass is 16.5. The predicted molar refractivity (Wildman–Crippen MR) is 106 cm³/mol. The van der Waals surface area contributed by atoms with Crippen molar-refractivity contribution in [3.63, 3.8) is 0 Å². The van der Waals surface area contributed by atoms with Crippen molar-refractivity contribution < 1.29 is 14.6 Å². The number of ether oxygens (including phenoxy) is 2. The van der Waals surface area contributed by atoms with Crippen molar-refractivity contribution in [1.29, 1.82) is 0 Å². The van der Waals surface area contributed by atoms with Gasteiger partial charge in [0.05, 0.1) is 13.2 Å². The molecule has 3 aliphatic heterocycles. The fourth-order valence-corrected chi connectivity index (χ4v) is 4.42. The summed E-state index contributed by atoms with van der Waals surface area (Å²) >= 11 is 0. The molecule has 0 radical (unpaired) electrons. The average Bonchev–Trinajstić information content (AvgIpc) is 2.71. The quantitative estimate of drug-likeness (QED) is 0.847. The molecule has 0 saturated carbocycles. The number of nitrogens with zero attached hydrogens (tertiary/aromatic N) is 1. The summed E-state index contributed by atoms with van der Waals surface area (Å²) in [5.74, 6) is 1.98. The summed E-state index contributed by atoms with van der Waals surface area (Å²) in [6, 6.07) is 14.7. The second kappa shape index (κ2) is 7.91. The molecule has 0 spiro atoms. The second-order valence-electron chi connectivity index (χ2n) is 7.89. The highest BCUT2D eigenvalue weighted by Crippen LogP contribution is 2.35. The van der Waals surface area contributed by atoms with E-state index in [1.807, 2.05) is 6.07 Å². The number of hydrogen-bond donors (Lipinski definition) is 1. The molecule has 2 bridgehead atoms. The van der Waals surface area contributed by atoms with Gasteiger partial charge in [-0.1, -0.05) is 35.9 Å². The van der Waals surface area contributed by atoms with Crippen LogP contribution in [-0.2, 0) is 13.0 Å². The first kappa shape index (κ1) is 18.3. The molecule has 1 N–H and O–H groups in total. The number of methoxy groups -OCH3 is 1. The van der Waals surface area contributed by atoms with Gasteiger partial charge in [0.2, 0.25) is 0 Å². The number of aliphatic hydroxyl groups is 1. The summed E-state index contributed by atoms with van der Waals surface area (Å²) in [5.41, 5.74) is 3.57. The summed E-state index contributed by atoms with van der Waals surface area (Å²) in [4.78, 5) is 2.45. The van der Waals surface area contributed by atoms with E-state index in [9.17, 15) is 5.11 Å². The van der Waals surface area contributed by atoms with Gasteiger partial charge in [0.1, 0.15) is 6.61 Å². The van der Waals surface area contributed by atoms with E-state index >= 15 is 0 Å². The van der Waals surface area contributed by atoms with Crippen LogP contribution in [0.1, 0.15) is 29.5 Å². The van der Waals surface area contributed by atoms with E-state index < -0.39 is 0 Å². The molecule has 5 rings (SSSR count). The van der Waals surface area contributed by atoms with Gasteiger partial charge < -0.3 is 14.6 Å². The van der Waals surface area contributed by atoms with Crippen LogP contribution in [0.5, 0.6) is 11.5 Å². The highest BCUT2D eigenvalue weighted by Gasteiger charge is 2.40. The Bertz CT molecular complexity index is 764. The summed E-state index contributed by atoms with van der Waals surface area (Å²) in [6.45, 7) is 4.82.